The van der Waals surface area contributed by atoms with Gasteiger partial charge in [0, 0.05) is 16.9 Å². The molecule has 1 aliphatic heterocycles. The second-order valence-electron chi connectivity index (χ2n) is 5.96. The molecular weight excluding hydrogens is 352 g/mol. The number of hydrogen-bond acceptors (Lipinski definition) is 6. The number of ether oxygens (including phenoxy) is 1. The summed E-state index contributed by atoms with van der Waals surface area (Å²) in [5, 5.41) is 6.03. The molecule has 0 spiro atoms. The quantitative estimate of drug-likeness (QED) is 0.697. The number of nitrogens with one attached hydrogen (secondary N) is 3. The van der Waals surface area contributed by atoms with Crippen molar-refractivity contribution in [2.45, 2.75) is 25.7 Å². The number of hydrazine groups is 1. The predicted molar refractivity (Wildman–Crippen MR) is 99.5 cm³/mol. The van der Waals surface area contributed by atoms with E-state index in [1.54, 1.807) is 29.6 Å². The van der Waals surface area contributed by atoms with E-state index in [0.29, 0.717) is 29.5 Å². The summed E-state index contributed by atoms with van der Waals surface area (Å²) in [6.07, 6.45) is 2.06. The van der Waals surface area contributed by atoms with Gasteiger partial charge in [-0.3, -0.25) is 20.4 Å². The molecule has 0 radical (unpaired) electrons. The Labute approximate surface area is 156 Å². The van der Waals surface area contributed by atoms with Gasteiger partial charge in [-0.15, -0.1) is 11.3 Å². The van der Waals surface area contributed by atoms with Crippen molar-refractivity contribution >= 4 is 23.2 Å². The third-order valence-corrected chi connectivity index (χ3v) is 5.15. The fraction of sp³-hybridized carbons (Fsp3) is 0.389. The first-order valence-corrected chi connectivity index (χ1v) is 9.55. The van der Waals surface area contributed by atoms with Gasteiger partial charge in [0.2, 0.25) is 0 Å². The van der Waals surface area contributed by atoms with Gasteiger partial charge in [0.05, 0.1) is 11.6 Å². The predicted octanol–water partition coefficient (Wildman–Crippen LogP) is 2.08. The minimum Gasteiger partial charge on any atom is -0.494 e. The molecule has 1 fully saturated rings. The van der Waals surface area contributed by atoms with Crippen LogP contribution in [0.4, 0.5) is 0 Å². The van der Waals surface area contributed by atoms with Gasteiger partial charge in [-0.05, 0) is 51.1 Å². The highest BCUT2D eigenvalue weighted by atomic mass is 32.1. The minimum absolute atomic E-state index is 0.326. The van der Waals surface area contributed by atoms with Crippen molar-refractivity contribution in [3.05, 3.63) is 45.9 Å². The molecule has 2 amide bonds. The van der Waals surface area contributed by atoms with E-state index in [4.69, 9.17) is 4.74 Å². The molecule has 138 valence electrons. The molecule has 0 unspecified atom stereocenters. The molecule has 3 N–H and O–H groups in total. The second kappa shape index (κ2) is 8.77. The largest absolute Gasteiger partial charge is 0.494 e. The first-order valence-electron chi connectivity index (χ1n) is 8.67. The lowest BCUT2D eigenvalue weighted by Crippen LogP contribution is -2.41. The number of thiazole rings is 1. The van der Waals surface area contributed by atoms with Gasteiger partial charge < -0.3 is 10.1 Å². The molecule has 1 aromatic heterocycles. The number of aromatic nitrogens is 1. The summed E-state index contributed by atoms with van der Waals surface area (Å²) in [5.74, 6) is 0.181. The van der Waals surface area contributed by atoms with E-state index in [1.165, 1.54) is 11.3 Å². The molecule has 7 nitrogen and oxygen atoms in total. The molecular formula is C18H22N4O3S. The van der Waals surface area contributed by atoms with E-state index >= 15 is 0 Å². The minimum atomic E-state index is -0.421. The smallest absolute Gasteiger partial charge is 0.289 e. The molecule has 1 aromatic carbocycles. The van der Waals surface area contributed by atoms with Crippen molar-refractivity contribution < 1.29 is 14.3 Å². The Balaban J connectivity index is 1.56. The van der Waals surface area contributed by atoms with Crippen molar-refractivity contribution in [3.63, 3.8) is 0 Å². The third-order valence-electron chi connectivity index (χ3n) is 4.14. The van der Waals surface area contributed by atoms with Crippen LogP contribution in [0.5, 0.6) is 5.75 Å². The second-order valence-corrected chi connectivity index (χ2v) is 6.85. The first-order chi connectivity index (χ1) is 12.7. The van der Waals surface area contributed by atoms with E-state index < -0.39 is 11.8 Å². The Morgan fingerprint density at radius 2 is 2.04 bits per heavy atom. The summed E-state index contributed by atoms with van der Waals surface area (Å²) < 4.78 is 5.37. The van der Waals surface area contributed by atoms with E-state index in [2.05, 4.69) is 21.2 Å². The molecule has 3 rings (SSSR count). The van der Waals surface area contributed by atoms with Crippen LogP contribution in [0.2, 0.25) is 0 Å². The Hall–Kier alpha value is -2.45. The van der Waals surface area contributed by atoms with Gasteiger partial charge in [0.1, 0.15) is 11.4 Å². The van der Waals surface area contributed by atoms with Gasteiger partial charge in [0.25, 0.3) is 11.8 Å². The molecule has 0 aliphatic carbocycles. The van der Waals surface area contributed by atoms with Crippen LogP contribution in [0.1, 0.15) is 51.5 Å². The highest BCUT2D eigenvalue weighted by molar-refractivity contribution is 7.09. The van der Waals surface area contributed by atoms with Crippen LogP contribution in [0.25, 0.3) is 0 Å². The third kappa shape index (κ3) is 4.59. The molecule has 1 aliphatic rings. The van der Waals surface area contributed by atoms with Gasteiger partial charge in [0.15, 0.2) is 0 Å². The van der Waals surface area contributed by atoms with Crippen LogP contribution in [0.15, 0.2) is 29.6 Å². The summed E-state index contributed by atoms with van der Waals surface area (Å²) in [4.78, 5) is 28.8. The number of amides is 2. The van der Waals surface area contributed by atoms with Gasteiger partial charge in [-0.25, -0.2) is 4.98 Å². The lowest BCUT2D eigenvalue weighted by atomic mass is 9.99. The lowest BCUT2D eigenvalue weighted by molar-refractivity contribution is 0.0844. The Kier molecular flexibility index (Phi) is 6.19. The van der Waals surface area contributed by atoms with Crippen LogP contribution in [-0.2, 0) is 0 Å². The molecule has 2 aromatic rings. The highest BCUT2D eigenvalue weighted by Gasteiger charge is 2.20. The van der Waals surface area contributed by atoms with Gasteiger partial charge in [-0.1, -0.05) is 6.07 Å². The summed E-state index contributed by atoms with van der Waals surface area (Å²) in [5.41, 5.74) is 5.57. The van der Waals surface area contributed by atoms with Crippen LogP contribution in [-0.4, -0.2) is 36.5 Å². The van der Waals surface area contributed by atoms with E-state index in [0.717, 1.165) is 30.9 Å². The van der Waals surface area contributed by atoms with E-state index in [9.17, 15) is 9.59 Å². The summed E-state index contributed by atoms with van der Waals surface area (Å²) >= 11 is 1.49. The fourth-order valence-electron chi connectivity index (χ4n) is 2.79. The van der Waals surface area contributed by atoms with Crippen LogP contribution in [0, 0.1) is 0 Å². The number of nitrogens with zero attached hydrogens (tertiary/aromatic N) is 1. The fourth-order valence-corrected chi connectivity index (χ4v) is 3.76. The van der Waals surface area contributed by atoms with Crippen LogP contribution < -0.4 is 20.9 Å². The maximum absolute atomic E-state index is 12.2. The molecule has 0 atom stereocenters. The molecule has 0 saturated carbocycles. The monoisotopic (exact) mass is 374 g/mol. The highest BCUT2D eigenvalue weighted by Crippen LogP contribution is 2.27. The van der Waals surface area contributed by atoms with Gasteiger partial charge in [-0.2, -0.15) is 0 Å². The summed E-state index contributed by atoms with van der Waals surface area (Å²) in [7, 11) is 0. The average molecular weight is 374 g/mol. The zero-order valence-electron chi connectivity index (χ0n) is 14.6. The Morgan fingerprint density at radius 3 is 2.81 bits per heavy atom. The summed E-state index contributed by atoms with van der Waals surface area (Å²) in [6, 6.07) is 6.79. The average Bonchev–Trinajstić information content (AvgIpc) is 3.17. The van der Waals surface area contributed by atoms with Gasteiger partial charge >= 0.3 is 0 Å². The number of hydrogen-bond donors (Lipinski definition) is 3. The zero-order chi connectivity index (χ0) is 18.4. The first kappa shape index (κ1) is 18.3. The standard InChI is InChI=1S/C18H22N4O3S/c1-2-25-14-5-3-4-13(10-14)16(23)21-22-17(24)15-11-26-18(20-15)12-6-8-19-9-7-12/h3-5,10-12,19H,2,6-9H2,1H3,(H,21,23)(H,22,24). The number of benzene rings is 1. The van der Waals surface area contributed by atoms with Crippen LogP contribution >= 0.6 is 11.3 Å². The SMILES string of the molecule is CCOc1cccc(C(=O)NNC(=O)c2csc(C3CCNCC3)n2)c1. The number of carbonyl (C=O) groups excluding carboxylic acids is 2. The normalized spacial score (nSPS) is 14.7. The topological polar surface area (TPSA) is 92.4 Å². The Bertz CT molecular complexity index is 771. The lowest BCUT2D eigenvalue weighted by Gasteiger charge is -2.20. The number of rotatable bonds is 5. The zero-order valence-corrected chi connectivity index (χ0v) is 15.4. The molecule has 26 heavy (non-hydrogen) atoms. The maximum Gasteiger partial charge on any atom is 0.289 e. The maximum atomic E-state index is 12.2. The van der Waals surface area contributed by atoms with Crippen molar-refractivity contribution in [1.29, 1.82) is 0 Å². The van der Waals surface area contributed by atoms with Crippen molar-refractivity contribution in [2.75, 3.05) is 19.7 Å². The van der Waals surface area contributed by atoms with E-state index in [1.807, 2.05) is 6.92 Å². The van der Waals surface area contributed by atoms with Crippen LogP contribution in [0.3, 0.4) is 0 Å². The van der Waals surface area contributed by atoms with Crippen molar-refractivity contribution in [3.8, 4) is 5.75 Å². The summed E-state index contributed by atoms with van der Waals surface area (Å²) in [6.45, 7) is 4.34. The molecule has 2 heterocycles. The molecule has 1 saturated heterocycles. The number of carbonyl (C=O) groups is 2. The number of piperidine rings is 1. The Morgan fingerprint density at radius 1 is 1.27 bits per heavy atom. The van der Waals surface area contributed by atoms with Crippen molar-refractivity contribution in [1.82, 2.24) is 21.2 Å². The van der Waals surface area contributed by atoms with Crippen molar-refractivity contribution in [2.24, 2.45) is 0 Å². The van der Waals surface area contributed by atoms with E-state index in [-0.39, 0.29) is 0 Å². The molecule has 0 bridgehead atoms. The molecule has 8 heteroatoms.